The SMILES string of the molecule is OC[C@H](O)CN(Cc1ccccc1)Cc1nccs1. The largest absolute Gasteiger partial charge is 0.394 e. The number of hydrogen-bond donors (Lipinski definition) is 2. The summed E-state index contributed by atoms with van der Waals surface area (Å²) in [5.41, 5.74) is 1.18. The van der Waals surface area contributed by atoms with E-state index in [1.165, 1.54) is 5.56 Å². The van der Waals surface area contributed by atoms with Crippen LogP contribution in [0.25, 0.3) is 0 Å². The van der Waals surface area contributed by atoms with Gasteiger partial charge in [-0.15, -0.1) is 11.3 Å². The molecule has 1 aromatic heterocycles. The fourth-order valence-corrected chi connectivity index (χ4v) is 2.56. The van der Waals surface area contributed by atoms with Crippen LogP contribution in [-0.2, 0) is 13.1 Å². The molecule has 102 valence electrons. The smallest absolute Gasteiger partial charge is 0.107 e. The number of aliphatic hydroxyl groups is 2. The van der Waals surface area contributed by atoms with Crippen molar-refractivity contribution in [1.29, 1.82) is 0 Å². The molecule has 0 unspecified atom stereocenters. The maximum absolute atomic E-state index is 9.63. The van der Waals surface area contributed by atoms with Crippen LogP contribution in [0, 0.1) is 0 Å². The van der Waals surface area contributed by atoms with Crippen molar-refractivity contribution >= 4 is 11.3 Å². The summed E-state index contributed by atoms with van der Waals surface area (Å²) in [4.78, 5) is 6.36. The molecule has 19 heavy (non-hydrogen) atoms. The Kier molecular flexibility index (Phi) is 5.47. The third-order valence-corrected chi connectivity index (χ3v) is 3.54. The third kappa shape index (κ3) is 4.72. The highest BCUT2D eigenvalue weighted by Crippen LogP contribution is 2.12. The second-order valence-electron chi connectivity index (χ2n) is 4.42. The van der Waals surface area contributed by atoms with Crippen LogP contribution in [0.4, 0.5) is 0 Å². The van der Waals surface area contributed by atoms with Crippen molar-refractivity contribution in [2.45, 2.75) is 19.2 Å². The lowest BCUT2D eigenvalue weighted by molar-refractivity contribution is 0.0542. The highest BCUT2D eigenvalue weighted by atomic mass is 32.1. The molecule has 2 aromatic rings. The van der Waals surface area contributed by atoms with Crippen LogP contribution in [0.2, 0.25) is 0 Å². The Bertz CT molecular complexity index is 462. The number of rotatable bonds is 7. The molecule has 0 amide bonds. The number of hydrogen-bond acceptors (Lipinski definition) is 5. The van der Waals surface area contributed by atoms with Crippen molar-refractivity contribution in [3.8, 4) is 0 Å². The zero-order valence-corrected chi connectivity index (χ0v) is 11.5. The van der Waals surface area contributed by atoms with E-state index in [4.69, 9.17) is 5.11 Å². The van der Waals surface area contributed by atoms with Gasteiger partial charge < -0.3 is 10.2 Å². The Morgan fingerprint density at radius 3 is 2.63 bits per heavy atom. The van der Waals surface area contributed by atoms with E-state index in [0.29, 0.717) is 13.1 Å². The predicted octanol–water partition coefficient (Wildman–Crippen LogP) is 1.50. The molecule has 0 bridgehead atoms. The Hall–Kier alpha value is -1.27. The lowest BCUT2D eigenvalue weighted by Crippen LogP contribution is -2.33. The molecule has 0 spiro atoms. The molecular formula is C14H18N2O2S. The fourth-order valence-electron chi connectivity index (χ4n) is 1.90. The average molecular weight is 278 g/mol. The summed E-state index contributed by atoms with van der Waals surface area (Å²) in [5.74, 6) is 0. The van der Waals surface area contributed by atoms with Gasteiger partial charge in [-0.25, -0.2) is 4.98 Å². The highest BCUT2D eigenvalue weighted by molar-refractivity contribution is 7.09. The first-order valence-electron chi connectivity index (χ1n) is 6.21. The second kappa shape index (κ2) is 7.35. The molecule has 0 radical (unpaired) electrons. The Balaban J connectivity index is 2.01. The van der Waals surface area contributed by atoms with Gasteiger partial charge in [0.2, 0.25) is 0 Å². The van der Waals surface area contributed by atoms with Crippen LogP contribution < -0.4 is 0 Å². The van der Waals surface area contributed by atoms with Gasteiger partial charge in [-0.05, 0) is 5.56 Å². The minimum atomic E-state index is -0.719. The summed E-state index contributed by atoms with van der Waals surface area (Å²) < 4.78 is 0. The van der Waals surface area contributed by atoms with E-state index >= 15 is 0 Å². The van der Waals surface area contributed by atoms with Gasteiger partial charge >= 0.3 is 0 Å². The van der Waals surface area contributed by atoms with Gasteiger partial charge in [0.05, 0.1) is 19.3 Å². The Morgan fingerprint density at radius 2 is 2.00 bits per heavy atom. The van der Waals surface area contributed by atoms with E-state index in [-0.39, 0.29) is 6.61 Å². The molecule has 0 fully saturated rings. The standard InChI is InChI=1S/C14H18N2O2S/c17-11-13(18)9-16(10-14-15-6-7-19-14)8-12-4-2-1-3-5-12/h1-7,13,17-18H,8-11H2/t13-/m1/s1. The topological polar surface area (TPSA) is 56.6 Å². The monoisotopic (exact) mass is 278 g/mol. The Labute approximate surface area is 117 Å². The molecule has 0 aliphatic carbocycles. The maximum atomic E-state index is 9.63. The number of nitrogens with zero attached hydrogens (tertiary/aromatic N) is 2. The number of thiazole rings is 1. The van der Waals surface area contributed by atoms with E-state index in [1.807, 2.05) is 23.6 Å². The first kappa shape index (κ1) is 14.1. The van der Waals surface area contributed by atoms with Crippen molar-refractivity contribution in [3.63, 3.8) is 0 Å². The highest BCUT2D eigenvalue weighted by Gasteiger charge is 2.13. The minimum Gasteiger partial charge on any atom is -0.394 e. The zero-order valence-electron chi connectivity index (χ0n) is 10.6. The van der Waals surface area contributed by atoms with Crippen molar-refractivity contribution < 1.29 is 10.2 Å². The van der Waals surface area contributed by atoms with Gasteiger partial charge in [-0.1, -0.05) is 30.3 Å². The van der Waals surface area contributed by atoms with Crippen molar-refractivity contribution in [3.05, 3.63) is 52.5 Å². The average Bonchev–Trinajstić information content (AvgIpc) is 2.92. The van der Waals surface area contributed by atoms with E-state index < -0.39 is 6.10 Å². The van der Waals surface area contributed by atoms with E-state index in [1.54, 1.807) is 17.5 Å². The third-order valence-electron chi connectivity index (χ3n) is 2.77. The number of aliphatic hydroxyl groups excluding tert-OH is 2. The summed E-state index contributed by atoms with van der Waals surface area (Å²) in [6.07, 6.45) is 1.06. The van der Waals surface area contributed by atoms with Gasteiger partial charge in [0, 0.05) is 24.7 Å². The van der Waals surface area contributed by atoms with Crippen LogP contribution >= 0.6 is 11.3 Å². The summed E-state index contributed by atoms with van der Waals surface area (Å²) >= 11 is 1.60. The molecule has 2 N–H and O–H groups in total. The normalized spacial score (nSPS) is 12.8. The van der Waals surface area contributed by atoms with Crippen molar-refractivity contribution in [2.24, 2.45) is 0 Å². The van der Waals surface area contributed by atoms with Crippen LogP contribution in [0.3, 0.4) is 0 Å². The fraction of sp³-hybridized carbons (Fsp3) is 0.357. The maximum Gasteiger partial charge on any atom is 0.107 e. The van der Waals surface area contributed by atoms with Gasteiger partial charge in [0.1, 0.15) is 5.01 Å². The van der Waals surface area contributed by atoms with Crippen molar-refractivity contribution in [2.75, 3.05) is 13.2 Å². The lowest BCUT2D eigenvalue weighted by Gasteiger charge is -2.23. The molecule has 0 aliphatic heterocycles. The number of benzene rings is 1. The van der Waals surface area contributed by atoms with Gasteiger partial charge in [-0.2, -0.15) is 0 Å². The van der Waals surface area contributed by atoms with Crippen LogP contribution in [0.15, 0.2) is 41.9 Å². The van der Waals surface area contributed by atoms with Gasteiger partial charge in [0.15, 0.2) is 0 Å². The molecule has 4 nitrogen and oxygen atoms in total. The molecule has 2 rings (SSSR count). The van der Waals surface area contributed by atoms with E-state index in [2.05, 4.69) is 22.0 Å². The molecule has 0 aliphatic rings. The van der Waals surface area contributed by atoms with Crippen molar-refractivity contribution in [1.82, 2.24) is 9.88 Å². The first-order chi connectivity index (χ1) is 9.28. The Morgan fingerprint density at radius 1 is 1.21 bits per heavy atom. The lowest BCUT2D eigenvalue weighted by atomic mass is 10.2. The molecule has 1 atom stereocenters. The molecule has 5 heteroatoms. The summed E-state index contributed by atoms with van der Waals surface area (Å²) in [7, 11) is 0. The summed E-state index contributed by atoms with van der Waals surface area (Å²) in [6.45, 7) is 1.63. The van der Waals surface area contributed by atoms with Crippen LogP contribution in [0.1, 0.15) is 10.6 Å². The van der Waals surface area contributed by atoms with Gasteiger partial charge in [0.25, 0.3) is 0 Å². The minimum absolute atomic E-state index is 0.219. The zero-order chi connectivity index (χ0) is 13.5. The van der Waals surface area contributed by atoms with Crippen LogP contribution in [-0.4, -0.2) is 39.4 Å². The van der Waals surface area contributed by atoms with E-state index in [0.717, 1.165) is 11.6 Å². The van der Waals surface area contributed by atoms with E-state index in [9.17, 15) is 5.11 Å². The predicted molar refractivity (Wildman–Crippen MR) is 75.8 cm³/mol. The molecular weight excluding hydrogens is 260 g/mol. The quantitative estimate of drug-likeness (QED) is 0.806. The number of aromatic nitrogens is 1. The van der Waals surface area contributed by atoms with Crippen LogP contribution in [0.5, 0.6) is 0 Å². The molecule has 0 saturated heterocycles. The second-order valence-corrected chi connectivity index (χ2v) is 5.40. The summed E-state index contributed by atoms with van der Waals surface area (Å²) in [6, 6.07) is 10.1. The van der Waals surface area contributed by atoms with Gasteiger partial charge in [-0.3, -0.25) is 4.90 Å². The summed E-state index contributed by atoms with van der Waals surface area (Å²) in [5, 5.41) is 21.6. The molecule has 0 saturated carbocycles. The first-order valence-corrected chi connectivity index (χ1v) is 7.09. The molecule has 1 aromatic carbocycles. The molecule has 1 heterocycles.